The molecule has 0 N–H and O–H groups in total. The molecule has 1 aliphatic carbocycles. The fourth-order valence-corrected chi connectivity index (χ4v) is 5.98. The number of ether oxygens (including phenoxy) is 1. The molecule has 3 aromatic carbocycles. The molecule has 0 amide bonds. The number of rotatable bonds is 12. The molecular formula is C34H39F5O. The van der Waals surface area contributed by atoms with E-state index >= 15 is 8.78 Å². The molecule has 1 saturated carbocycles. The molecule has 216 valence electrons. The van der Waals surface area contributed by atoms with Crippen molar-refractivity contribution in [2.24, 2.45) is 5.92 Å². The molecule has 0 atom stereocenters. The van der Waals surface area contributed by atoms with Gasteiger partial charge in [0, 0.05) is 11.1 Å². The highest BCUT2D eigenvalue weighted by Gasteiger charge is 2.29. The van der Waals surface area contributed by atoms with Crippen molar-refractivity contribution >= 4 is 0 Å². The van der Waals surface area contributed by atoms with Crippen LogP contribution in [-0.2, 0) is 0 Å². The first kappa shape index (κ1) is 30.1. The summed E-state index contributed by atoms with van der Waals surface area (Å²) in [7, 11) is 0. The average Bonchev–Trinajstić information content (AvgIpc) is 2.94. The van der Waals surface area contributed by atoms with Crippen molar-refractivity contribution < 1.29 is 26.7 Å². The van der Waals surface area contributed by atoms with Gasteiger partial charge in [-0.3, -0.25) is 0 Å². The average molecular weight is 559 g/mol. The topological polar surface area (TPSA) is 9.23 Å². The molecular weight excluding hydrogens is 519 g/mol. The third kappa shape index (κ3) is 7.24. The van der Waals surface area contributed by atoms with Gasteiger partial charge in [-0.2, -0.15) is 0 Å². The van der Waals surface area contributed by atoms with Crippen LogP contribution in [-0.4, -0.2) is 0 Å². The minimum absolute atomic E-state index is 0.0475. The van der Waals surface area contributed by atoms with E-state index < -0.39 is 29.1 Å². The molecule has 0 aromatic heterocycles. The summed E-state index contributed by atoms with van der Waals surface area (Å²) in [5, 5.41) is 0. The molecule has 1 aliphatic rings. The Morgan fingerprint density at radius 1 is 0.725 bits per heavy atom. The van der Waals surface area contributed by atoms with E-state index in [1.165, 1.54) is 63.5 Å². The number of benzene rings is 3. The van der Waals surface area contributed by atoms with Gasteiger partial charge in [0.2, 0.25) is 0 Å². The summed E-state index contributed by atoms with van der Waals surface area (Å²) < 4.78 is 78.4. The highest BCUT2D eigenvalue weighted by Crippen LogP contribution is 2.44. The van der Waals surface area contributed by atoms with Gasteiger partial charge in [-0.25, -0.2) is 22.0 Å². The van der Waals surface area contributed by atoms with Crippen LogP contribution in [0.25, 0.3) is 11.1 Å². The Balaban J connectivity index is 1.46. The van der Waals surface area contributed by atoms with Gasteiger partial charge in [-0.05, 0) is 79.8 Å². The number of hydrogen-bond acceptors (Lipinski definition) is 1. The largest absolute Gasteiger partial charge is 0.453 e. The molecule has 0 saturated heterocycles. The molecule has 0 unspecified atom stereocenters. The lowest BCUT2D eigenvalue weighted by Gasteiger charge is -2.30. The molecule has 1 nitrogen and oxygen atoms in total. The first-order valence-electron chi connectivity index (χ1n) is 14.7. The quantitative estimate of drug-likeness (QED) is 0.122. The second kappa shape index (κ2) is 14.1. The Morgan fingerprint density at radius 2 is 1.35 bits per heavy atom. The Kier molecular flexibility index (Phi) is 10.6. The van der Waals surface area contributed by atoms with Crippen LogP contribution in [0.2, 0.25) is 0 Å². The first-order chi connectivity index (χ1) is 19.3. The zero-order valence-electron chi connectivity index (χ0n) is 23.5. The maximum absolute atomic E-state index is 15.9. The van der Waals surface area contributed by atoms with E-state index in [1.54, 1.807) is 25.1 Å². The van der Waals surface area contributed by atoms with Gasteiger partial charge < -0.3 is 4.74 Å². The third-order valence-corrected chi connectivity index (χ3v) is 8.26. The Morgan fingerprint density at radius 3 is 2.02 bits per heavy atom. The fraction of sp³-hybridized carbons (Fsp3) is 0.471. The van der Waals surface area contributed by atoms with Gasteiger partial charge in [0.15, 0.2) is 29.0 Å². The van der Waals surface area contributed by atoms with Crippen molar-refractivity contribution in [3.05, 3.63) is 82.7 Å². The molecule has 0 radical (unpaired) electrons. The van der Waals surface area contributed by atoms with Crippen molar-refractivity contribution in [2.75, 3.05) is 0 Å². The van der Waals surface area contributed by atoms with Crippen LogP contribution in [0.1, 0.15) is 101 Å². The van der Waals surface area contributed by atoms with Gasteiger partial charge in [0.25, 0.3) is 0 Å². The van der Waals surface area contributed by atoms with Crippen molar-refractivity contribution in [1.29, 1.82) is 0 Å². The van der Waals surface area contributed by atoms with Crippen LogP contribution in [0.4, 0.5) is 22.0 Å². The van der Waals surface area contributed by atoms with Gasteiger partial charge in [-0.1, -0.05) is 76.5 Å². The van der Waals surface area contributed by atoms with Crippen molar-refractivity contribution in [3.63, 3.8) is 0 Å². The second-order valence-electron chi connectivity index (χ2n) is 11.2. The summed E-state index contributed by atoms with van der Waals surface area (Å²) in [5.74, 6) is -5.16. The Bertz CT molecular complexity index is 1260. The molecule has 0 spiro atoms. The minimum Gasteiger partial charge on any atom is -0.453 e. The molecule has 3 aromatic rings. The van der Waals surface area contributed by atoms with E-state index in [0.717, 1.165) is 37.8 Å². The highest BCUT2D eigenvalue weighted by molar-refractivity contribution is 5.71. The summed E-state index contributed by atoms with van der Waals surface area (Å²) in [6.45, 7) is 3.78. The molecule has 4 rings (SSSR count). The zero-order chi connectivity index (χ0) is 28.6. The van der Waals surface area contributed by atoms with Gasteiger partial charge in [0.1, 0.15) is 11.6 Å². The summed E-state index contributed by atoms with van der Waals surface area (Å²) in [5.41, 5.74) is 0.631. The number of aryl methyl sites for hydroxylation is 1. The van der Waals surface area contributed by atoms with E-state index in [-0.39, 0.29) is 39.7 Å². The molecule has 40 heavy (non-hydrogen) atoms. The standard InChI is InChI=1S/C34H39F5O/c1-3-4-5-6-7-8-9-12-23-15-17-24(18-16-23)31-27(35)19-22(2)34(33(31)39)40-30-14-11-10-13-26(30)25-20-28(36)32(38)29(37)21-25/h10-11,13-14,19-21,23-24H,3-9,12,15-18H2,1-2H3/t23-,24-. The molecule has 6 heteroatoms. The molecule has 0 heterocycles. The Labute approximate surface area is 234 Å². The van der Waals surface area contributed by atoms with Crippen LogP contribution in [0.3, 0.4) is 0 Å². The number of halogens is 5. The van der Waals surface area contributed by atoms with E-state index in [0.29, 0.717) is 5.92 Å². The van der Waals surface area contributed by atoms with E-state index in [1.807, 2.05) is 0 Å². The summed E-state index contributed by atoms with van der Waals surface area (Å²) in [4.78, 5) is 0. The van der Waals surface area contributed by atoms with Crippen LogP contribution < -0.4 is 4.74 Å². The maximum atomic E-state index is 15.9. The zero-order valence-corrected chi connectivity index (χ0v) is 23.5. The predicted molar refractivity (Wildman–Crippen MR) is 150 cm³/mol. The van der Waals surface area contributed by atoms with Crippen LogP contribution >= 0.6 is 0 Å². The molecule has 0 bridgehead atoms. The summed E-state index contributed by atoms with van der Waals surface area (Å²) in [6, 6.07) is 9.37. The molecule has 0 aliphatic heterocycles. The smallest absolute Gasteiger partial charge is 0.194 e. The Hall–Kier alpha value is -2.89. The van der Waals surface area contributed by atoms with E-state index in [2.05, 4.69) is 6.92 Å². The lowest BCUT2D eigenvalue weighted by molar-refractivity contribution is 0.292. The number of hydrogen-bond donors (Lipinski definition) is 0. The normalized spacial score (nSPS) is 17.3. The first-order valence-corrected chi connectivity index (χ1v) is 14.7. The van der Waals surface area contributed by atoms with Crippen LogP contribution in [0, 0.1) is 41.9 Å². The van der Waals surface area contributed by atoms with Crippen molar-refractivity contribution in [2.45, 2.75) is 96.8 Å². The van der Waals surface area contributed by atoms with E-state index in [4.69, 9.17) is 4.74 Å². The van der Waals surface area contributed by atoms with Crippen molar-refractivity contribution in [1.82, 2.24) is 0 Å². The molecule has 1 fully saturated rings. The lowest BCUT2D eigenvalue weighted by Crippen LogP contribution is -2.16. The fourth-order valence-electron chi connectivity index (χ4n) is 5.98. The SMILES string of the molecule is CCCCCCCCC[C@H]1CC[C@H](c2c(F)cc(C)c(Oc3ccccc3-c3cc(F)c(F)c(F)c3)c2F)CC1. The lowest BCUT2D eigenvalue weighted by atomic mass is 9.76. The summed E-state index contributed by atoms with van der Waals surface area (Å²) in [6.07, 6.45) is 13.5. The van der Waals surface area contributed by atoms with Crippen molar-refractivity contribution in [3.8, 4) is 22.6 Å². The predicted octanol–water partition coefficient (Wildman–Crippen LogP) is 11.6. The maximum Gasteiger partial charge on any atom is 0.194 e. The second-order valence-corrected chi connectivity index (χ2v) is 11.2. The minimum atomic E-state index is -1.57. The monoisotopic (exact) mass is 558 g/mol. The van der Waals surface area contributed by atoms with Gasteiger partial charge >= 0.3 is 0 Å². The third-order valence-electron chi connectivity index (χ3n) is 8.26. The van der Waals surface area contributed by atoms with Gasteiger partial charge in [-0.15, -0.1) is 0 Å². The van der Waals surface area contributed by atoms with Gasteiger partial charge in [0.05, 0.1) is 0 Å². The number of para-hydroxylation sites is 1. The van der Waals surface area contributed by atoms with Crippen LogP contribution in [0.15, 0.2) is 42.5 Å². The number of unbranched alkanes of at least 4 members (excludes halogenated alkanes) is 6. The highest BCUT2D eigenvalue weighted by atomic mass is 19.2. The van der Waals surface area contributed by atoms with Crippen LogP contribution in [0.5, 0.6) is 11.5 Å². The van der Waals surface area contributed by atoms with E-state index in [9.17, 15) is 13.2 Å². The summed E-state index contributed by atoms with van der Waals surface area (Å²) >= 11 is 0.